The summed E-state index contributed by atoms with van der Waals surface area (Å²) in [6, 6.07) is 84.6. The standard InChI is InChI=1S/C29H27FN3.C23H23FN3O.C22H21F4N2.C22H21FN3.C22H22N3.5Pt/c1-18(2)25-14-22(21-9-7-6-8-10-21)15-26(19(3)4)28(25)33-17-23(16-31)32-29(33)24-12-11-20(5)13-27(24)30;1-14(2)19-10-17(28-5)11-20(15(3)4)22(19)27-13-16(12-25)26-23(27)18-8-6-7-9-21(18)24;1-13(2)15-9-7-10-16(14(3)4)20(15)28-12-19(22(24,25)26)27-21(28)17-8-5-6-11-18(17)23;1-14(2)17-9-7-10-18(15(3)4)21(17)26-13-16(12-24)25-22(26)19-8-5-6-11-20(19)23;1-15(2)19-11-8-12-20(16(3)4)21(19)25-14-18(13-23)24-22(25)17-9-6-5-7-10-17;;;;;/h6-11,13-15,17-19H,1-5H3;6-7,9-11,13-15H,1-5H3;5-7,9-14H,1-4H3;5-7,9-11,13-15H,1-4H3;5-9,11-12,14-16H,1-4H3;;;;;/q5*-1;;;;;. The average Bonchev–Trinajstić information content (AvgIpc) is 1.65. The quantitative estimate of drug-likeness (QED) is 0.0465. The first-order chi connectivity index (χ1) is 66.7. The van der Waals surface area contributed by atoms with E-state index >= 15 is 0 Å². The Morgan fingerprint density at radius 2 is 0.579 bits per heavy atom. The zero-order valence-electron chi connectivity index (χ0n) is 84.6. The van der Waals surface area contributed by atoms with E-state index in [-0.39, 0.29) is 198 Å². The summed E-state index contributed by atoms with van der Waals surface area (Å²) in [6.07, 6.45) is 3.19. The first-order valence-electron chi connectivity index (χ1n) is 46.9. The Kier molecular flexibility index (Phi) is 44.3. The third-order valence-electron chi connectivity index (χ3n) is 23.9. The van der Waals surface area contributed by atoms with Crippen molar-refractivity contribution >= 4 is 0 Å². The Morgan fingerprint density at radius 3 is 0.869 bits per heavy atom. The summed E-state index contributed by atoms with van der Waals surface area (Å²) in [5.41, 5.74) is 20.2. The Morgan fingerprint density at radius 1 is 0.297 bits per heavy atom. The van der Waals surface area contributed by atoms with E-state index in [0.717, 1.165) is 107 Å². The molecule has 0 amide bonds. The van der Waals surface area contributed by atoms with Gasteiger partial charge in [0.2, 0.25) is 0 Å². The molecule has 11 aromatic carbocycles. The van der Waals surface area contributed by atoms with Crippen LogP contribution in [0.15, 0.2) is 231 Å². The summed E-state index contributed by atoms with van der Waals surface area (Å²) >= 11 is 0. The van der Waals surface area contributed by atoms with Gasteiger partial charge in [-0.05, 0) is 150 Å². The number of hydrogen-bond acceptors (Lipinski definition) is 10. The molecule has 15 nitrogen and oxygen atoms in total. The van der Waals surface area contributed by atoms with E-state index in [1.54, 1.807) is 56.0 Å². The van der Waals surface area contributed by atoms with Crippen LogP contribution in [0.3, 0.4) is 0 Å². The van der Waals surface area contributed by atoms with Gasteiger partial charge < -0.3 is 27.6 Å². The van der Waals surface area contributed by atoms with Crippen molar-refractivity contribution in [2.45, 2.75) is 211 Å². The van der Waals surface area contributed by atoms with Crippen molar-refractivity contribution in [1.82, 2.24) is 47.8 Å². The van der Waals surface area contributed by atoms with Crippen molar-refractivity contribution in [2.75, 3.05) is 7.11 Å². The Bertz CT molecular complexity index is 7140. The summed E-state index contributed by atoms with van der Waals surface area (Å²) < 4.78 is 113. The van der Waals surface area contributed by atoms with E-state index in [0.29, 0.717) is 40.7 Å². The maximum atomic E-state index is 15.0. The molecule has 0 unspecified atom stereocenters. The topological polar surface area (TPSA) is 193 Å². The second kappa shape index (κ2) is 53.5. The number of benzene rings is 11. The van der Waals surface area contributed by atoms with Gasteiger partial charge in [-0.3, -0.25) is 42.5 Å². The van der Waals surface area contributed by atoms with Crippen molar-refractivity contribution in [3.8, 4) is 127 Å². The molecule has 5 aromatic heterocycles. The van der Waals surface area contributed by atoms with Gasteiger partial charge in [0.1, 0.15) is 52.8 Å². The van der Waals surface area contributed by atoms with Crippen molar-refractivity contribution in [2.24, 2.45) is 0 Å². The van der Waals surface area contributed by atoms with Gasteiger partial charge in [0, 0.05) is 188 Å². The molecule has 0 aliphatic carbocycles. The van der Waals surface area contributed by atoms with Crippen molar-refractivity contribution < 1.29 is 141 Å². The smallest absolute Gasteiger partial charge is 0.433 e. The molecule has 27 heteroatoms. The van der Waals surface area contributed by atoms with Gasteiger partial charge in [0.15, 0.2) is 5.69 Å². The van der Waals surface area contributed by atoms with Gasteiger partial charge in [0.25, 0.3) is 0 Å². The molecule has 0 bridgehead atoms. The molecule has 145 heavy (non-hydrogen) atoms. The minimum absolute atomic E-state index is 0. The Hall–Kier alpha value is -11.8. The third kappa shape index (κ3) is 27.7. The Labute approximate surface area is 920 Å². The van der Waals surface area contributed by atoms with E-state index in [1.165, 1.54) is 52.1 Å². The van der Waals surface area contributed by atoms with E-state index in [1.807, 2.05) is 133 Å². The van der Waals surface area contributed by atoms with Gasteiger partial charge in [-0.15, -0.1) is 132 Å². The zero-order valence-corrected chi connectivity index (χ0v) is 96.0. The van der Waals surface area contributed by atoms with Crippen LogP contribution in [0.2, 0.25) is 0 Å². The second-order valence-electron chi connectivity index (χ2n) is 37.3. The van der Waals surface area contributed by atoms with Gasteiger partial charge in [-0.2, -0.15) is 34.2 Å². The van der Waals surface area contributed by atoms with Crippen LogP contribution in [0, 0.1) is 106 Å². The molecular weight excluding hydrogens is 2740 g/mol. The zero-order chi connectivity index (χ0) is 102. The van der Waals surface area contributed by atoms with Gasteiger partial charge in [-0.1, -0.05) is 253 Å². The van der Waals surface area contributed by atoms with E-state index in [9.17, 15) is 51.8 Å². The normalized spacial score (nSPS) is 11.0. The number of methoxy groups -OCH3 is 1. The number of imidazole rings is 5. The minimum atomic E-state index is -4.64. The molecule has 16 aromatic rings. The monoisotopic (exact) mass is 2850 g/mol. The number of aryl methyl sites for hydroxylation is 1. The fourth-order valence-electron chi connectivity index (χ4n) is 17.0. The molecule has 766 valence electrons. The molecular formula is C118H114F7N14OPt5-5. The number of hydrogen-bond donors (Lipinski definition) is 0. The molecule has 16 rings (SSSR count). The van der Waals surface area contributed by atoms with Crippen molar-refractivity contribution in [3.05, 3.63) is 374 Å². The number of nitrogens with zero attached hydrogens (tertiary/aromatic N) is 14. The molecule has 0 saturated heterocycles. The van der Waals surface area contributed by atoms with E-state index in [4.69, 9.17) is 4.74 Å². The predicted molar refractivity (Wildman–Crippen MR) is 540 cm³/mol. The largest absolute Gasteiger partial charge is 0.497 e. The second-order valence-corrected chi connectivity index (χ2v) is 37.3. The average molecular weight is 2850 g/mol. The summed E-state index contributed by atoms with van der Waals surface area (Å²) in [7, 11) is 1.65. The van der Waals surface area contributed by atoms with Crippen LogP contribution in [-0.4, -0.2) is 54.9 Å². The van der Waals surface area contributed by atoms with Crippen LogP contribution in [-0.2, 0) is 112 Å². The minimum Gasteiger partial charge on any atom is -0.497 e. The van der Waals surface area contributed by atoms with Crippen LogP contribution < -0.4 is 4.74 Å². The summed E-state index contributed by atoms with van der Waals surface area (Å²) in [5.74, 6) is 2.85. The van der Waals surface area contributed by atoms with Gasteiger partial charge in [0.05, 0.1) is 36.2 Å². The third-order valence-corrected chi connectivity index (χ3v) is 23.9. The molecule has 5 heterocycles. The molecule has 0 fully saturated rings. The van der Waals surface area contributed by atoms with E-state index < -0.39 is 35.1 Å². The van der Waals surface area contributed by atoms with Crippen molar-refractivity contribution in [1.29, 1.82) is 21.0 Å². The maximum Gasteiger partial charge on any atom is 0.433 e. The van der Waals surface area contributed by atoms with Crippen LogP contribution in [0.5, 0.6) is 5.75 Å². The molecule has 0 radical (unpaired) electrons. The summed E-state index contributed by atoms with van der Waals surface area (Å²) in [5, 5.41) is 37.8. The predicted octanol–water partition coefficient (Wildman–Crippen LogP) is 31.0. The summed E-state index contributed by atoms with van der Waals surface area (Å²) in [6.45, 7) is 44.0. The fraction of sp³-hybridized carbons (Fsp3) is 0.280. The molecule has 0 saturated carbocycles. The fourth-order valence-corrected chi connectivity index (χ4v) is 17.0. The van der Waals surface area contributed by atoms with E-state index in [2.05, 4.69) is 249 Å². The first kappa shape index (κ1) is 120. The van der Waals surface area contributed by atoms with Gasteiger partial charge >= 0.3 is 6.18 Å². The molecule has 0 aliphatic rings. The summed E-state index contributed by atoms with van der Waals surface area (Å²) in [4.78, 5) is 21.5. The maximum absolute atomic E-state index is 15.0. The number of nitriles is 4. The van der Waals surface area contributed by atoms with Crippen LogP contribution in [0.25, 0.3) is 96.5 Å². The van der Waals surface area contributed by atoms with Crippen LogP contribution in [0.1, 0.15) is 287 Å². The molecule has 0 N–H and O–H groups in total. The number of ether oxygens (including phenoxy) is 1. The van der Waals surface area contributed by atoms with Crippen LogP contribution >= 0.6 is 0 Å². The Balaban J connectivity index is 0.000000244. The molecule has 0 atom stereocenters. The number of rotatable bonds is 22. The first-order valence-corrected chi connectivity index (χ1v) is 46.9. The van der Waals surface area contributed by atoms with Crippen molar-refractivity contribution in [3.63, 3.8) is 0 Å². The number of para-hydroxylation sites is 3. The number of halogens is 7. The number of alkyl halides is 3. The SMILES string of the molecule is CC(C)c1cccc(C(C)C)c1-n1cc(C#N)nc1-c1[c-]cccc1.CC(C)c1cccc(C(C)C)c1-n1cc(C#N)nc1-c1[c-]cccc1F.CC(C)c1cccc(C(C)C)c1-n1cc(C(F)(F)F)nc1-c1[c-]cccc1F.COc1cc(C(C)C)c(-n2cc(C#N)nc2-c2[c-]cccc2F)c(C(C)C)c1.Cc1c[c-]c(-c2nc(C#N)cn2-c2c(C(C)C)cc(-c3ccccc3)cc2C(C)C)c(F)c1.[Pt].[Pt].[Pt].[Pt].[Pt]. The van der Waals surface area contributed by atoms with Gasteiger partial charge in [-0.25, -0.2) is 0 Å². The number of aromatic nitrogens is 10. The van der Waals surface area contributed by atoms with Crippen LogP contribution in [0.4, 0.5) is 30.7 Å². The molecule has 0 aliphatic heterocycles. The molecule has 0 spiro atoms.